The highest BCUT2D eigenvalue weighted by atomic mass is 16.6. The molecule has 0 heterocycles. The minimum Gasteiger partial charge on any atom is -0.463 e. The molecule has 0 fully saturated rings. The van der Waals surface area contributed by atoms with Crippen LogP contribution in [-0.4, -0.2) is 172 Å². The van der Waals surface area contributed by atoms with Crippen molar-refractivity contribution in [3.05, 3.63) is 0 Å². The van der Waals surface area contributed by atoms with E-state index in [1.165, 1.54) is 19.3 Å². The van der Waals surface area contributed by atoms with Gasteiger partial charge >= 0.3 is 5.97 Å². The van der Waals surface area contributed by atoms with Crippen LogP contribution in [0.4, 0.5) is 0 Å². The molecule has 0 atom stereocenters. The van der Waals surface area contributed by atoms with E-state index in [2.05, 4.69) is 6.92 Å². The van der Waals surface area contributed by atoms with Gasteiger partial charge in [-0.05, 0) is 6.42 Å². The first kappa shape index (κ1) is 46.0. The third kappa shape index (κ3) is 43.0. The fraction of sp³-hybridized carbons (Fsp3) is 0.970. The zero-order valence-corrected chi connectivity index (χ0v) is 29.4. The number of unbranched alkanes of at least 4 members (excludes halogenated alkanes) is 4. The molecule has 0 aromatic rings. The molecule has 282 valence electrons. The summed E-state index contributed by atoms with van der Waals surface area (Å²) in [6.07, 6.45) is 6.07. The first-order chi connectivity index (χ1) is 23.3. The monoisotopic (exact) mass is 686 g/mol. The largest absolute Gasteiger partial charge is 0.463 e. The molecule has 0 spiro atoms. The van der Waals surface area contributed by atoms with Gasteiger partial charge in [0, 0.05) is 13.5 Å². The van der Waals surface area contributed by atoms with E-state index in [9.17, 15) is 4.79 Å². The van der Waals surface area contributed by atoms with Gasteiger partial charge in [-0.25, -0.2) is 0 Å². The van der Waals surface area contributed by atoms with Gasteiger partial charge in [-0.1, -0.05) is 32.6 Å². The van der Waals surface area contributed by atoms with Gasteiger partial charge in [0.1, 0.15) is 6.61 Å². The molecule has 47 heavy (non-hydrogen) atoms. The molecule has 0 aromatic heterocycles. The van der Waals surface area contributed by atoms with Crippen LogP contribution in [0.15, 0.2) is 0 Å². The van der Waals surface area contributed by atoms with Gasteiger partial charge in [0.05, 0.1) is 152 Å². The van der Waals surface area contributed by atoms with Crippen LogP contribution in [0.2, 0.25) is 0 Å². The second-order valence-electron chi connectivity index (χ2n) is 10.1. The Morgan fingerprint density at radius 2 is 0.596 bits per heavy atom. The molecule has 0 bridgehead atoms. The molecule has 0 saturated carbocycles. The highest BCUT2D eigenvalue weighted by molar-refractivity contribution is 5.69. The van der Waals surface area contributed by atoms with Crippen LogP contribution in [-0.2, 0) is 66.4 Å². The minimum absolute atomic E-state index is 0.148. The summed E-state index contributed by atoms with van der Waals surface area (Å²) < 4.78 is 69.9. The normalized spacial score (nSPS) is 11.4. The summed E-state index contributed by atoms with van der Waals surface area (Å²) in [5.41, 5.74) is 0. The Balaban J connectivity index is 3.08. The Bertz CT molecular complexity index is 588. The molecule has 0 aliphatic heterocycles. The second kappa shape index (κ2) is 43.0. The standard InChI is InChI=1S/C33H66O14/c1-3-4-5-6-7-8-33(34)47-32-31-46-30-29-45-28-27-44-26-25-43-24-23-42-22-21-41-20-19-40-18-17-39-16-15-38-14-13-37-12-11-36-10-9-35-2/h3-32H2,1-2H3. The predicted octanol–water partition coefficient (Wildman–Crippen LogP) is 2.72. The number of methoxy groups -OCH3 is 1. The smallest absolute Gasteiger partial charge is 0.305 e. The molecule has 0 N–H and O–H groups in total. The molecule has 14 nitrogen and oxygen atoms in total. The number of ether oxygens (including phenoxy) is 13. The Hall–Kier alpha value is -1.01. The SMILES string of the molecule is CCCCCCCC(=O)OCCOCCOCCOCCOCCOCCOCCOCCOCCOCCOCCOCCOC. The summed E-state index contributed by atoms with van der Waals surface area (Å²) in [6, 6.07) is 0. The van der Waals surface area contributed by atoms with E-state index in [1.54, 1.807) is 7.11 Å². The number of rotatable bonds is 42. The molecule has 14 heteroatoms. The summed E-state index contributed by atoms with van der Waals surface area (Å²) in [7, 11) is 1.64. The highest BCUT2D eigenvalue weighted by Crippen LogP contribution is 2.05. The number of carbonyl (C=O) groups is 1. The Labute approximate surface area is 283 Å². The van der Waals surface area contributed by atoms with Crippen molar-refractivity contribution in [2.75, 3.05) is 166 Å². The molecule has 0 aliphatic carbocycles. The van der Waals surface area contributed by atoms with Crippen molar-refractivity contribution in [2.24, 2.45) is 0 Å². The van der Waals surface area contributed by atoms with Crippen LogP contribution in [0.5, 0.6) is 0 Å². The second-order valence-corrected chi connectivity index (χ2v) is 10.1. The zero-order valence-electron chi connectivity index (χ0n) is 29.4. The van der Waals surface area contributed by atoms with E-state index in [-0.39, 0.29) is 12.6 Å². The molecule has 0 aromatic carbocycles. The van der Waals surface area contributed by atoms with Crippen molar-refractivity contribution in [1.82, 2.24) is 0 Å². The predicted molar refractivity (Wildman–Crippen MR) is 175 cm³/mol. The third-order valence-corrected chi connectivity index (χ3v) is 6.13. The number of hydrogen-bond donors (Lipinski definition) is 0. The zero-order chi connectivity index (χ0) is 34.0. The summed E-state index contributed by atoms with van der Waals surface area (Å²) in [5.74, 6) is -0.148. The molecule has 0 saturated heterocycles. The number of esters is 1. The van der Waals surface area contributed by atoms with Crippen molar-refractivity contribution in [3.8, 4) is 0 Å². The first-order valence-corrected chi connectivity index (χ1v) is 17.3. The lowest BCUT2D eigenvalue weighted by Gasteiger charge is -2.09. The van der Waals surface area contributed by atoms with E-state index in [0.717, 1.165) is 12.8 Å². The fourth-order valence-electron chi connectivity index (χ4n) is 3.60. The number of hydrogen-bond acceptors (Lipinski definition) is 14. The Morgan fingerprint density at radius 3 is 0.872 bits per heavy atom. The summed E-state index contributed by atoms with van der Waals surface area (Å²) in [4.78, 5) is 11.6. The van der Waals surface area contributed by atoms with Gasteiger partial charge in [0.25, 0.3) is 0 Å². The van der Waals surface area contributed by atoms with E-state index >= 15 is 0 Å². The summed E-state index contributed by atoms with van der Waals surface area (Å²) in [5, 5.41) is 0. The molecule has 0 aliphatic rings. The molecule has 0 radical (unpaired) electrons. The van der Waals surface area contributed by atoms with Crippen LogP contribution in [0.1, 0.15) is 45.4 Å². The van der Waals surface area contributed by atoms with Gasteiger partial charge in [-0.3, -0.25) is 4.79 Å². The maximum atomic E-state index is 11.6. The summed E-state index contributed by atoms with van der Waals surface area (Å²) in [6.45, 7) is 14.1. The van der Waals surface area contributed by atoms with Gasteiger partial charge < -0.3 is 61.6 Å². The van der Waals surface area contributed by atoms with Crippen LogP contribution in [0.25, 0.3) is 0 Å². The summed E-state index contributed by atoms with van der Waals surface area (Å²) >= 11 is 0. The highest BCUT2D eigenvalue weighted by Gasteiger charge is 2.02. The van der Waals surface area contributed by atoms with E-state index in [4.69, 9.17) is 61.6 Å². The van der Waals surface area contributed by atoms with Crippen LogP contribution in [0, 0.1) is 0 Å². The molecule has 0 amide bonds. The number of carbonyl (C=O) groups excluding carboxylic acids is 1. The Morgan fingerprint density at radius 1 is 0.340 bits per heavy atom. The maximum Gasteiger partial charge on any atom is 0.305 e. The van der Waals surface area contributed by atoms with Crippen LogP contribution < -0.4 is 0 Å². The van der Waals surface area contributed by atoms with Gasteiger partial charge in [-0.2, -0.15) is 0 Å². The van der Waals surface area contributed by atoms with Crippen molar-refractivity contribution in [1.29, 1.82) is 0 Å². The lowest BCUT2D eigenvalue weighted by molar-refractivity contribution is -0.145. The lowest BCUT2D eigenvalue weighted by atomic mass is 10.1. The van der Waals surface area contributed by atoms with E-state index < -0.39 is 0 Å². The van der Waals surface area contributed by atoms with E-state index in [1.807, 2.05) is 0 Å². The van der Waals surface area contributed by atoms with Gasteiger partial charge in [0.15, 0.2) is 0 Å². The Kier molecular flexibility index (Phi) is 42.1. The average molecular weight is 687 g/mol. The maximum absolute atomic E-state index is 11.6. The minimum atomic E-state index is -0.148. The fourth-order valence-corrected chi connectivity index (χ4v) is 3.60. The topological polar surface area (TPSA) is 137 Å². The van der Waals surface area contributed by atoms with Crippen LogP contribution >= 0.6 is 0 Å². The molecule has 0 rings (SSSR count). The molecular weight excluding hydrogens is 620 g/mol. The average Bonchev–Trinajstić information content (AvgIpc) is 3.08. The van der Waals surface area contributed by atoms with Gasteiger partial charge in [-0.15, -0.1) is 0 Å². The van der Waals surface area contributed by atoms with Crippen molar-refractivity contribution in [3.63, 3.8) is 0 Å². The first-order valence-electron chi connectivity index (χ1n) is 17.3. The van der Waals surface area contributed by atoms with Crippen molar-refractivity contribution in [2.45, 2.75) is 45.4 Å². The lowest BCUT2D eigenvalue weighted by Crippen LogP contribution is -2.15. The quantitative estimate of drug-likeness (QED) is 0.0687. The van der Waals surface area contributed by atoms with Gasteiger partial charge in [0.2, 0.25) is 0 Å². The molecular formula is C33H66O14. The molecule has 0 unspecified atom stereocenters. The van der Waals surface area contributed by atoms with Crippen LogP contribution in [0.3, 0.4) is 0 Å². The van der Waals surface area contributed by atoms with Crippen molar-refractivity contribution >= 4 is 5.97 Å². The third-order valence-electron chi connectivity index (χ3n) is 6.13. The van der Waals surface area contributed by atoms with Crippen molar-refractivity contribution < 1.29 is 66.4 Å². The van der Waals surface area contributed by atoms with E-state index in [0.29, 0.717) is 158 Å².